The first-order valence-corrected chi connectivity index (χ1v) is 8.16. The Bertz CT molecular complexity index is 753. The van der Waals surface area contributed by atoms with Crippen molar-refractivity contribution in [1.82, 2.24) is 10.3 Å². The zero-order chi connectivity index (χ0) is 17.6. The molecule has 5 heteroatoms. The van der Waals surface area contributed by atoms with Gasteiger partial charge in [-0.1, -0.05) is 31.0 Å². The molecule has 5 nitrogen and oxygen atoms in total. The van der Waals surface area contributed by atoms with Crippen molar-refractivity contribution in [2.24, 2.45) is 0 Å². The van der Waals surface area contributed by atoms with Crippen molar-refractivity contribution in [3.63, 3.8) is 0 Å². The van der Waals surface area contributed by atoms with Gasteiger partial charge in [-0.2, -0.15) is 0 Å². The lowest BCUT2D eigenvalue weighted by atomic mass is 10.0. The van der Waals surface area contributed by atoms with Gasteiger partial charge in [0.25, 0.3) is 0 Å². The fourth-order valence-electron chi connectivity index (χ4n) is 2.51. The molecule has 128 valence electrons. The number of aromatic amines is 1. The Balaban J connectivity index is 2.05. The van der Waals surface area contributed by atoms with E-state index in [0.29, 0.717) is 12.8 Å². The molecule has 0 aliphatic heterocycles. The average Bonchev–Trinajstić information content (AvgIpc) is 2.94. The van der Waals surface area contributed by atoms with Gasteiger partial charge >= 0.3 is 5.97 Å². The third-order valence-electron chi connectivity index (χ3n) is 3.82. The minimum absolute atomic E-state index is 0.100. The highest BCUT2D eigenvalue weighted by molar-refractivity contribution is 5.84. The highest BCUT2D eigenvalue weighted by Gasteiger charge is 2.24. The van der Waals surface area contributed by atoms with Crippen LogP contribution in [0.4, 0.5) is 0 Å². The number of carboxylic acids is 1. The van der Waals surface area contributed by atoms with E-state index in [9.17, 15) is 15.0 Å². The van der Waals surface area contributed by atoms with Gasteiger partial charge in [0, 0.05) is 36.5 Å². The molecule has 2 unspecified atom stereocenters. The van der Waals surface area contributed by atoms with E-state index in [1.54, 1.807) is 6.92 Å². The molecule has 24 heavy (non-hydrogen) atoms. The Kier molecular flexibility index (Phi) is 6.02. The van der Waals surface area contributed by atoms with Crippen LogP contribution in [-0.2, 0) is 11.2 Å². The molecule has 0 saturated carbocycles. The molecule has 2 atom stereocenters. The number of nitrogens with one attached hydrogen (secondary N) is 2. The molecule has 0 radical (unpaired) electrons. The normalized spacial score (nSPS) is 14.6. The summed E-state index contributed by atoms with van der Waals surface area (Å²) in [6.45, 7) is 3.71. The van der Waals surface area contributed by atoms with Crippen LogP contribution < -0.4 is 5.32 Å². The second-order valence-corrected chi connectivity index (χ2v) is 6.16. The minimum atomic E-state index is -1.25. The smallest absolute Gasteiger partial charge is 0.321 e. The number of para-hydroxylation sites is 1. The molecular weight excluding hydrogens is 304 g/mol. The molecule has 0 aliphatic carbocycles. The van der Waals surface area contributed by atoms with Crippen LogP contribution in [0.25, 0.3) is 10.9 Å². The van der Waals surface area contributed by atoms with Gasteiger partial charge in [-0.05, 0) is 25.0 Å². The maximum absolute atomic E-state index is 11.5. The van der Waals surface area contributed by atoms with Gasteiger partial charge in [0.1, 0.15) is 11.6 Å². The maximum atomic E-state index is 11.5. The third kappa shape index (κ3) is 4.85. The van der Waals surface area contributed by atoms with Gasteiger partial charge in [-0.3, -0.25) is 4.79 Å². The summed E-state index contributed by atoms with van der Waals surface area (Å²) in [5, 5.41) is 23.6. The summed E-state index contributed by atoms with van der Waals surface area (Å²) in [6, 6.07) is 6.99. The van der Waals surface area contributed by atoms with E-state index < -0.39 is 17.6 Å². The summed E-state index contributed by atoms with van der Waals surface area (Å²) in [5.41, 5.74) is 0.666. The predicted molar refractivity (Wildman–Crippen MR) is 94.7 cm³/mol. The van der Waals surface area contributed by atoms with Gasteiger partial charge in [-0.25, -0.2) is 0 Å². The minimum Gasteiger partial charge on any atom is -0.480 e. The first-order chi connectivity index (χ1) is 11.4. The molecule has 0 amide bonds. The lowest BCUT2D eigenvalue weighted by Crippen LogP contribution is -2.46. The summed E-state index contributed by atoms with van der Waals surface area (Å²) in [4.78, 5) is 14.7. The fourth-order valence-corrected chi connectivity index (χ4v) is 2.51. The molecule has 1 aromatic carbocycles. The lowest BCUT2D eigenvalue weighted by Gasteiger charge is -2.21. The fraction of sp³-hybridized carbons (Fsp3) is 0.421. The zero-order valence-electron chi connectivity index (χ0n) is 14.1. The van der Waals surface area contributed by atoms with Gasteiger partial charge in [0.15, 0.2) is 0 Å². The SMILES string of the molecule is CCCC#CC(C)(O)CNC(Cc1c[nH]c2ccccc12)C(=O)O. The summed E-state index contributed by atoms with van der Waals surface area (Å²) >= 11 is 0. The van der Waals surface area contributed by atoms with Crippen LogP contribution >= 0.6 is 0 Å². The van der Waals surface area contributed by atoms with Crippen LogP contribution in [0.15, 0.2) is 30.5 Å². The highest BCUT2D eigenvalue weighted by atomic mass is 16.4. The monoisotopic (exact) mass is 328 g/mol. The first-order valence-electron chi connectivity index (χ1n) is 8.16. The molecule has 2 aromatic rings. The summed E-state index contributed by atoms with van der Waals surface area (Å²) < 4.78 is 0. The predicted octanol–water partition coefficient (Wildman–Crippen LogP) is 2.31. The van der Waals surface area contributed by atoms with Gasteiger partial charge in [-0.15, -0.1) is 5.92 Å². The van der Waals surface area contributed by atoms with E-state index >= 15 is 0 Å². The summed E-state index contributed by atoms with van der Waals surface area (Å²) in [7, 11) is 0. The number of rotatable bonds is 7. The second-order valence-electron chi connectivity index (χ2n) is 6.16. The largest absolute Gasteiger partial charge is 0.480 e. The van der Waals surface area contributed by atoms with Gasteiger partial charge < -0.3 is 20.5 Å². The molecule has 0 aliphatic rings. The Morgan fingerprint density at radius 3 is 2.88 bits per heavy atom. The number of fused-ring (bicyclic) bond motifs is 1. The Labute approximate surface area is 142 Å². The first kappa shape index (κ1) is 18.1. The molecule has 0 bridgehead atoms. The molecule has 0 saturated heterocycles. The van der Waals surface area contributed by atoms with Crippen LogP contribution in [-0.4, -0.2) is 39.4 Å². The van der Waals surface area contributed by atoms with Crippen molar-refractivity contribution < 1.29 is 15.0 Å². The highest BCUT2D eigenvalue weighted by Crippen LogP contribution is 2.19. The van der Waals surface area contributed by atoms with Crippen molar-refractivity contribution in [3.8, 4) is 11.8 Å². The van der Waals surface area contributed by atoms with Crippen molar-refractivity contribution >= 4 is 16.9 Å². The van der Waals surface area contributed by atoms with Crippen LogP contribution in [0.1, 0.15) is 32.3 Å². The molecule has 2 rings (SSSR count). The number of hydrogen-bond donors (Lipinski definition) is 4. The number of unbranched alkanes of at least 4 members (excludes halogenated alkanes) is 1. The molecule has 0 fully saturated rings. The van der Waals surface area contributed by atoms with Gasteiger partial charge in [0.05, 0.1) is 0 Å². The van der Waals surface area contributed by atoms with Crippen LogP contribution in [0.3, 0.4) is 0 Å². The Hall–Kier alpha value is -2.29. The van der Waals surface area contributed by atoms with E-state index in [1.165, 1.54) is 0 Å². The quantitative estimate of drug-likeness (QED) is 0.588. The van der Waals surface area contributed by atoms with E-state index in [2.05, 4.69) is 22.1 Å². The van der Waals surface area contributed by atoms with Gasteiger partial charge in [0.2, 0.25) is 0 Å². The number of hydrogen-bond acceptors (Lipinski definition) is 3. The Morgan fingerprint density at radius 2 is 2.17 bits per heavy atom. The number of aliphatic hydroxyl groups is 1. The molecule has 4 N–H and O–H groups in total. The zero-order valence-corrected chi connectivity index (χ0v) is 14.1. The number of carbonyl (C=O) groups is 1. The average molecular weight is 328 g/mol. The molecular formula is C19H24N2O3. The topological polar surface area (TPSA) is 85.4 Å². The number of benzene rings is 1. The molecule has 0 spiro atoms. The summed E-state index contributed by atoms with van der Waals surface area (Å²) in [6.07, 6.45) is 3.81. The lowest BCUT2D eigenvalue weighted by molar-refractivity contribution is -0.139. The Morgan fingerprint density at radius 1 is 1.42 bits per heavy atom. The standard InChI is InChI=1S/C19H24N2O3/c1-3-4-7-10-19(2,24)13-21-17(18(22)23)11-14-12-20-16-9-6-5-8-15(14)16/h5-6,8-9,12,17,20-21,24H,3-4,11,13H2,1-2H3,(H,22,23). The van der Waals surface area contributed by atoms with E-state index in [4.69, 9.17) is 0 Å². The van der Waals surface area contributed by atoms with Crippen molar-refractivity contribution in [2.75, 3.05) is 6.54 Å². The van der Waals surface area contributed by atoms with Crippen LogP contribution in [0.5, 0.6) is 0 Å². The van der Waals surface area contributed by atoms with Crippen LogP contribution in [0.2, 0.25) is 0 Å². The van der Waals surface area contributed by atoms with E-state index in [-0.39, 0.29) is 6.54 Å². The molecule has 1 aromatic heterocycles. The number of H-pyrrole nitrogens is 1. The number of aromatic nitrogens is 1. The third-order valence-corrected chi connectivity index (χ3v) is 3.82. The van der Waals surface area contributed by atoms with Crippen molar-refractivity contribution in [2.45, 2.75) is 44.8 Å². The molecule has 1 heterocycles. The van der Waals surface area contributed by atoms with Crippen molar-refractivity contribution in [3.05, 3.63) is 36.0 Å². The second kappa shape index (κ2) is 8.00. The van der Waals surface area contributed by atoms with E-state index in [1.807, 2.05) is 37.4 Å². The number of carboxylic acid groups (broad SMARTS) is 1. The van der Waals surface area contributed by atoms with E-state index in [0.717, 1.165) is 22.9 Å². The maximum Gasteiger partial charge on any atom is 0.321 e. The van der Waals surface area contributed by atoms with Crippen molar-refractivity contribution in [1.29, 1.82) is 0 Å². The number of aliphatic carboxylic acids is 1. The summed E-state index contributed by atoms with van der Waals surface area (Å²) in [5.74, 6) is 4.75. The van der Waals surface area contributed by atoms with Crippen LogP contribution in [0, 0.1) is 11.8 Å².